The number of nitrogens with one attached hydrogen (secondary N) is 2. The van der Waals surface area contributed by atoms with E-state index in [1.807, 2.05) is 11.8 Å². The number of hydrogen-bond acceptors (Lipinski definition) is 4. The van der Waals surface area contributed by atoms with Gasteiger partial charge in [0.25, 0.3) is 0 Å². The van der Waals surface area contributed by atoms with Gasteiger partial charge in [-0.15, -0.1) is 0 Å². The molecule has 0 radical (unpaired) electrons. The zero-order chi connectivity index (χ0) is 7.94. The molecule has 1 aliphatic heterocycles. The van der Waals surface area contributed by atoms with E-state index in [1.54, 1.807) is 0 Å². The monoisotopic (exact) mass is 173 g/mol. The van der Waals surface area contributed by atoms with Crippen molar-refractivity contribution in [2.45, 2.75) is 0 Å². The molecule has 1 rings (SSSR count). The van der Waals surface area contributed by atoms with Crippen molar-refractivity contribution < 1.29 is 0 Å². The van der Waals surface area contributed by atoms with Crippen LogP contribution in [-0.2, 0) is 0 Å². The lowest BCUT2D eigenvalue weighted by Gasteiger charge is -2.14. The molecule has 1 aliphatic rings. The molecule has 0 aliphatic carbocycles. The Hall–Kier alpha value is -0.220. The van der Waals surface area contributed by atoms with Crippen molar-refractivity contribution in [1.82, 2.24) is 10.6 Å². The van der Waals surface area contributed by atoms with Crippen molar-refractivity contribution in [2.75, 3.05) is 38.2 Å². The Morgan fingerprint density at radius 2 is 2.64 bits per heavy atom. The minimum Gasteiger partial charge on any atom is -0.372 e. The van der Waals surface area contributed by atoms with Crippen LogP contribution in [0.2, 0.25) is 0 Å². The van der Waals surface area contributed by atoms with Crippen LogP contribution in [-0.4, -0.2) is 44.0 Å². The molecule has 0 fully saturated rings. The van der Waals surface area contributed by atoms with Crippen LogP contribution in [0.5, 0.6) is 0 Å². The van der Waals surface area contributed by atoms with Crippen molar-refractivity contribution >= 4 is 17.6 Å². The Morgan fingerprint density at radius 3 is 3.27 bits per heavy atom. The minimum atomic E-state index is 0.911. The normalized spacial score (nSPS) is 17.7. The molecule has 0 aromatic rings. The van der Waals surface area contributed by atoms with Gasteiger partial charge in [0.2, 0.25) is 0 Å². The van der Waals surface area contributed by atoms with Gasteiger partial charge in [0.1, 0.15) is 5.84 Å². The fourth-order valence-electron chi connectivity index (χ4n) is 0.948. The van der Waals surface area contributed by atoms with Gasteiger partial charge in [-0.3, -0.25) is 4.99 Å². The third kappa shape index (κ3) is 3.62. The van der Waals surface area contributed by atoms with Gasteiger partial charge in [-0.25, -0.2) is 0 Å². The van der Waals surface area contributed by atoms with Crippen LogP contribution in [0.4, 0.5) is 0 Å². The second kappa shape index (κ2) is 5.43. The molecule has 0 saturated heterocycles. The van der Waals surface area contributed by atoms with E-state index in [2.05, 4.69) is 21.9 Å². The molecule has 0 saturated carbocycles. The average Bonchev–Trinajstić information content (AvgIpc) is 2.07. The van der Waals surface area contributed by atoms with Crippen molar-refractivity contribution in [3.05, 3.63) is 0 Å². The molecule has 0 unspecified atom stereocenters. The second-order valence-corrected chi connectivity index (χ2v) is 3.41. The zero-order valence-corrected chi connectivity index (χ0v) is 7.71. The Balaban J connectivity index is 2.09. The van der Waals surface area contributed by atoms with Crippen LogP contribution in [0.3, 0.4) is 0 Å². The lowest BCUT2D eigenvalue weighted by atomic mass is 10.4. The van der Waals surface area contributed by atoms with Gasteiger partial charge in [-0.2, -0.15) is 11.8 Å². The molecular formula is C7H15N3S. The van der Waals surface area contributed by atoms with E-state index < -0.39 is 0 Å². The fraction of sp³-hybridized carbons (Fsp3) is 0.857. The highest BCUT2D eigenvalue weighted by Gasteiger charge is 2.01. The van der Waals surface area contributed by atoms with Crippen molar-refractivity contribution in [3.63, 3.8) is 0 Å². The predicted molar refractivity (Wildman–Crippen MR) is 51.6 cm³/mol. The van der Waals surface area contributed by atoms with Crippen molar-refractivity contribution in [3.8, 4) is 0 Å². The third-order valence-corrected chi connectivity index (χ3v) is 2.13. The maximum Gasteiger partial charge on any atom is 0.110 e. The van der Waals surface area contributed by atoms with Gasteiger partial charge in [-0.05, 0) is 6.26 Å². The summed E-state index contributed by atoms with van der Waals surface area (Å²) in [5, 5.41) is 6.55. The van der Waals surface area contributed by atoms with E-state index in [9.17, 15) is 0 Å². The van der Waals surface area contributed by atoms with E-state index in [1.165, 1.54) is 0 Å². The minimum absolute atomic E-state index is 0.911. The number of nitrogens with zero attached hydrogens (tertiary/aromatic N) is 1. The first-order valence-corrected chi connectivity index (χ1v) is 5.29. The Bertz CT molecular complexity index is 136. The maximum absolute atomic E-state index is 4.34. The second-order valence-electron chi connectivity index (χ2n) is 2.42. The van der Waals surface area contributed by atoms with Crippen molar-refractivity contribution in [2.24, 2.45) is 4.99 Å². The van der Waals surface area contributed by atoms with E-state index in [4.69, 9.17) is 0 Å². The summed E-state index contributed by atoms with van der Waals surface area (Å²) in [6.45, 7) is 3.88. The fourth-order valence-corrected chi connectivity index (χ4v) is 1.25. The lowest BCUT2D eigenvalue weighted by Crippen LogP contribution is -2.40. The summed E-state index contributed by atoms with van der Waals surface area (Å²) in [6, 6.07) is 0. The Morgan fingerprint density at radius 1 is 1.73 bits per heavy atom. The first-order chi connectivity index (χ1) is 5.43. The summed E-state index contributed by atoms with van der Waals surface area (Å²) >= 11 is 1.85. The molecule has 0 bridgehead atoms. The molecule has 64 valence electrons. The molecular weight excluding hydrogens is 158 g/mol. The van der Waals surface area contributed by atoms with Crippen LogP contribution < -0.4 is 10.6 Å². The molecule has 3 nitrogen and oxygen atoms in total. The number of rotatable bonds is 3. The third-order valence-electron chi connectivity index (χ3n) is 1.52. The van der Waals surface area contributed by atoms with Gasteiger partial charge in [0.05, 0.1) is 13.1 Å². The molecule has 2 N–H and O–H groups in total. The largest absolute Gasteiger partial charge is 0.372 e. The highest BCUT2D eigenvalue weighted by atomic mass is 32.2. The number of thioether (sulfide) groups is 1. The van der Waals surface area contributed by atoms with Crippen LogP contribution in [0.25, 0.3) is 0 Å². The number of aliphatic imine (C=N–C) groups is 1. The molecule has 0 aromatic carbocycles. The van der Waals surface area contributed by atoms with E-state index in [0.29, 0.717) is 0 Å². The van der Waals surface area contributed by atoms with Gasteiger partial charge >= 0.3 is 0 Å². The van der Waals surface area contributed by atoms with Crippen molar-refractivity contribution in [1.29, 1.82) is 0 Å². The van der Waals surface area contributed by atoms with E-state index in [-0.39, 0.29) is 0 Å². The molecule has 1 heterocycles. The Kier molecular flexibility index (Phi) is 4.38. The summed E-state index contributed by atoms with van der Waals surface area (Å²) in [6.07, 6.45) is 2.11. The van der Waals surface area contributed by atoms with Gasteiger partial charge in [-0.1, -0.05) is 0 Å². The molecule has 0 amide bonds. The molecule has 11 heavy (non-hydrogen) atoms. The maximum atomic E-state index is 4.34. The van der Waals surface area contributed by atoms with Crippen LogP contribution in [0, 0.1) is 0 Å². The number of amidine groups is 1. The van der Waals surface area contributed by atoms with Crippen LogP contribution in [0.1, 0.15) is 0 Å². The summed E-state index contributed by atoms with van der Waals surface area (Å²) in [7, 11) is 0. The lowest BCUT2D eigenvalue weighted by molar-refractivity contribution is 0.713. The molecule has 0 spiro atoms. The molecule has 0 aromatic heterocycles. The number of hydrogen-bond donors (Lipinski definition) is 2. The summed E-state index contributed by atoms with van der Waals surface area (Å²) in [4.78, 5) is 4.34. The van der Waals surface area contributed by atoms with E-state index in [0.717, 1.165) is 37.8 Å². The quantitative estimate of drug-likeness (QED) is 0.587. The van der Waals surface area contributed by atoms with Crippen LogP contribution in [0.15, 0.2) is 4.99 Å². The van der Waals surface area contributed by atoms with Crippen LogP contribution >= 0.6 is 11.8 Å². The first kappa shape index (κ1) is 8.87. The van der Waals surface area contributed by atoms with Gasteiger partial charge < -0.3 is 10.6 Å². The Labute approximate surface area is 72.0 Å². The zero-order valence-electron chi connectivity index (χ0n) is 6.89. The highest BCUT2D eigenvalue weighted by Crippen LogP contribution is 1.88. The summed E-state index contributed by atoms with van der Waals surface area (Å²) < 4.78 is 0. The first-order valence-electron chi connectivity index (χ1n) is 3.90. The molecule has 0 atom stereocenters. The average molecular weight is 173 g/mol. The van der Waals surface area contributed by atoms with Gasteiger partial charge in [0, 0.05) is 18.8 Å². The SMILES string of the molecule is CSCCNC1=NCCNC1. The summed E-state index contributed by atoms with van der Waals surface area (Å²) in [5.41, 5.74) is 0. The van der Waals surface area contributed by atoms with Gasteiger partial charge in [0.15, 0.2) is 0 Å². The topological polar surface area (TPSA) is 36.4 Å². The highest BCUT2D eigenvalue weighted by molar-refractivity contribution is 7.98. The van der Waals surface area contributed by atoms with E-state index >= 15 is 0 Å². The predicted octanol–water partition coefficient (Wildman–Crippen LogP) is -0.0593. The molecule has 4 heteroatoms. The summed E-state index contributed by atoms with van der Waals surface area (Å²) in [5.74, 6) is 2.27. The standard InChI is InChI=1S/C7H15N3S/c1-11-5-4-10-7-6-8-2-3-9-7/h8H,2-6H2,1H3,(H,9,10). The smallest absolute Gasteiger partial charge is 0.110 e.